The fourth-order valence-corrected chi connectivity index (χ4v) is 3.38. The second kappa shape index (κ2) is 10.6. The second-order valence-electron chi connectivity index (χ2n) is 6.55. The molecule has 0 aliphatic carbocycles. The summed E-state index contributed by atoms with van der Waals surface area (Å²) in [6.45, 7) is 9.43. The molecule has 2 rings (SSSR count). The highest BCUT2D eigenvalue weighted by atomic mass is 35.5. The average Bonchev–Trinajstić information content (AvgIpc) is 2.89. The van der Waals surface area contributed by atoms with Crippen molar-refractivity contribution in [2.75, 3.05) is 13.1 Å². The summed E-state index contributed by atoms with van der Waals surface area (Å²) in [6.07, 6.45) is -0.152. The third-order valence-electron chi connectivity index (χ3n) is 4.80. The molecule has 0 bridgehead atoms. The van der Waals surface area contributed by atoms with Gasteiger partial charge < -0.3 is 9.30 Å². The number of ether oxygens (including phenoxy) is 1. The van der Waals surface area contributed by atoms with Crippen LogP contribution in [0.1, 0.15) is 48.1 Å². The zero-order valence-electron chi connectivity index (χ0n) is 17.0. The first-order valence-corrected chi connectivity index (χ1v) is 9.55. The number of rotatable bonds is 8. The lowest BCUT2D eigenvalue weighted by atomic mass is 10.1. The Morgan fingerprint density at radius 3 is 2.29 bits per heavy atom. The van der Waals surface area contributed by atoms with Gasteiger partial charge in [0.15, 0.2) is 6.23 Å². The van der Waals surface area contributed by atoms with Crippen LogP contribution in [-0.4, -0.2) is 40.5 Å². The van der Waals surface area contributed by atoms with E-state index in [0.717, 1.165) is 24.3 Å². The van der Waals surface area contributed by atoms with Crippen molar-refractivity contribution < 1.29 is 14.3 Å². The van der Waals surface area contributed by atoms with Gasteiger partial charge in [0.2, 0.25) is 5.78 Å². The Balaban J connectivity index is 0.00000392. The van der Waals surface area contributed by atoms with Crippen molar-refractivity contribution in [3.63, 3.8) is 0 Å². The van der Waals surface area contributed by atoms with Crippen LogP contribution < -0.4 is 0 Å². The molecular weight excluding hydrogens is 399 g/mol. The highest BCUT2D eigenvalue weighted by Gasteiger charge is 2.21. The van der Waals surface area contributed by atoms with Gasteiger partial charge in [-0.3, -0.25) is 14.5 Å². The van der Waals surface area contributed by atoms with Gasteiger partial charge in [0, 0.05) is 23.3 Å². The number of benzene rings is 1. The molecule has 1 unspecified atom stereocenters. The SMILES string of the molecule is CCN(CC)C(C)OC(=O)Cc1cc(C)c(C(=O)c2ccc(Cl)cc2)n1C.Cl. The highest BCUT2D eigenvalue weighted by molar-refractivity contribution is 6.30. The van der Waals surface area contributed by atoms with E-state index in [9.17, 15) is 9.59 Å². The van der Waals surface area contributed by atoms with Crippen molar-refractivity contribution in [2.45, 2.75) is 40.3 Å². The molecule has 0 radical (unpaired) electrons. The first-order valence-electron chi connectivity index (χ1n) is 9.17. The maximum atomic E-state index is 12.9. The van der Waals surface area contributed by atoms with Crippen LogP contribution >= 0.6 is 24.0 Å². The number of ketones is 1. The number of aromatic nitrogens is 1. The van der Waals surface area contributed by atoms with E-state index in [-0.39, 0.29) is 36.8 Å². The maximum absolute atomic E-state index is 12.9. The molecule has 0 amide bonds. The first-order chi connectivity index (χ1) is 12.8. The van der Waals surface area contributed by atoms with Gasteiger partial charge in [0.1, 0.15) is 0 Å². The summed E-state index contributed by atoms with van der Waals surface area (Å²) in [7, 11) is 1.80. The van der Waals surface area contributed by atoms with Crippen LogP contribution in [0.2, 0.25) is 5.02 Å². The molecule has 1 aromatic heterocycles. The Labute approximate surface area is 178 Å². The number of aryl methyl sites for hydroxylation is 1. The summed E-state index contributed by atoms with van der Waals surface area (Å²) < 4.78 is 7.31. The van der Waals surface area contributed by atoms with Gasteiger partial charge in [-0.2, -0.15) is 0 Å². The lowest BCUT2D eigenvalue weighted by molar-refractivity contribution is -0.156. The standard InChI is InChI=1S/C21H27ClN2O3.ClH/c1-6-24(7-2)15(4)27-19(25)13-18-12-14(3)20(23(18)5)21(26)16-8-10-17(22)11-9-16;/h8-12,15H,6-7,13H2,1-5H3;1H. The number of hydrogen-bond donors (Lipinski definition) is 0. The summed E-state index contributed by atoms with van der Waals surface area (Å²) >= 11 is 5.90. The monoisotopic (exact) mass is 426 g/mol. The molecule has 0 aliphatic rings. The number of halogens is 2. The summed E-state index contributed by atoms with van der Waals surface area (Å²) in [6, 6.07) is 8.67. The molecule has 0 saturated heterocycles. The van der Waals surface area contributed by atoms with E-state index >= 15 is 0 Å². The van der Waals surface area contributed by atoms with Gasteiger partial charge in [-0.15, -0.1) is 12.4 Å². The molecule has 0 fully saturated rings. The molecular formula is C21H28Cl2N2O3. The Kier molecular flexibility index (Phi) is 9.21. The van der Waals surface area contributed by atoms with Gasteiger partial charge in [0.05, 0.1) is 12.1 Å². The summed E-state index contributed by atoms with van der Waals surface area (Å²) in [5.74, 6) is -0.400. The Hall–Kier alpha value is -1.82. The molecule has 0 saturated carbocycles. The minimum Gasteiger partial charge on any atom is -0.446 e. The molecule has 2 aromatic rings. The smallest absolute Gasteiger partial charge is 0.313 e. The van der Waals surface area contributed by atoms with Crippen molar-refractivity contribution in [2.24, 2.45) is 7.05 Å². The number of hydrogen-bond acceptors (Lipinski definition) is 4. The van der Waals surface area contributed by atoms with Gasteiger partial charge in [-0.05, 0) is 62.8 Å². The van der Waals surface area contributed by atoms with Crippen LogP contribution in [0.3, 0.4) is 0 Å². The van der Waals surface area contributed by atoms with E-state index in [1.54, 1.807) is 35.9 Å². The molecule has 7 heteroatoms. The highest BCUT2D eigenvalue weighted by Crippen LogP contribution is 2.20. The average molecular weight is 427 g/mol. The van der Waals surface area contributed by atoms with E-state index in [2.05, 4.69) is 4.90 Å². The molecule has 1 heterocycles. The number of carbonyl (C=O) groups is 2. The Bertz CT molecular complexity index is 812. The predicted octanol–water partition coefficient (Wildman–Crippen LogP) is 4.41. The van der Waals surface area contributed by atoms with E-state index in [0.29, 0.717) is 16.3 Å². The summed E-state index contributed by atoms with van der Waals surface area (Å²) in [4.78, 5) is 27.3. The molecule has 1 atom stereocenters. The fraction of sp³-hybridized carbons (Fsp3) is 0.429. The fourth-order valence-electron chi connectivity index (χ4n) is 3.25. The normalized spacial score (nSPS) is 11.8. The molecule has 0 spiro atoms. The third kappa shape index (κ3) is 5.60. The minimum atomic E-state index is -0.305. The van der Waals surface area contributed by atoms with Crippen molar-refractivity contribution in [1.82, 2.24) is 9.47 Å². The predicted molar refractivity (Wildman–Crippen MR) is 114 cm³/mol. The third-order valence-corrected chi connectivity index (χ3v) is 5.05. The molecule has 154 valence electrons. The van der Waals surface area contributed by atoms with Crippen LogP contribution in [0.5, 0.6) is 0 Å². The number of esters is 1. The van der Waals surface area contributed by atoms with Crippen molar-refractivity contribution in [3.05, 3.63) is 57.9 Å². The minimum absolute atomic E-state index is 0. The van der Waals surface area contributed by atoms with Crippen molar-refractivity contribution in [3.8, 4) is 0 Å². The van der Waals surface area contributed by atoms with E-state index in [1.165, 1.54) is 0 Å². The molecule has 0 N–H and O–H groups in total. The Morgan fingerprint density at radius 1 is 1.18 bits per heavy atom. The second-order valence-corrected chi connectivity index (χ2v) is 6.99. The van der Waals surface area contributed by atoms with E-state index in [4.69, 9.17) is 16.3 Å². The van der Waals surface area contributed by atoms with Crippen molar-refractivity contribution in [1.29, 1.82) is 0 Å². The first kappa shape index (κ1) is 24.2. The summed E-state index contributed by atoms with van der Waals surface area (Å²) in [5, 5.41) is 0.584. The Morgan fingerprint density at radius 2 is 1.75 bits per heavy atom. The van der Waals surface area contributed by atoms with Gasteiger partial charge in [0.25, 0.3) is 0 Å². The van der Waals surface area contributed by atoms with E-state index in [1.807, 2.05) is 33.8 Å². The molecule has 5 nitrogen and oxygen atoms in total. The van der Waals surface area contributed by atoms with E-state index < -0.39 is 0 Å². The lowest BCUT2D eigenvalue weighted by Gasteiger charge is -2.25. The summed E-state index contributed by atoms with van der Waals surface area (Å²) in [5.41, 5.74) is 2.71. The van der Waals surface area contributed by atoms with Crippen LogP contribution in [0.25, 0.3) is 0 Å². The van der Waals surface area contributed by atoms with Gasteiger partial charge in [-0.1, -0.05) is 25.4 Å². The van der Waals surface area contributed by atoms with Crippen LogP contribution in [-0.2, 0) is 23.0 Å². The van der Waals surface area contributed by atoms with Crippen LogP contribution in [0.4, 0.5) is 0 Å². The van der Waals surface area contributed by atoms with Crippen LogP contribution in [0.15, 0.2) is 30.3 Å². The number of carbonyl (C=O) groups excluding carboxylic acids is 2. The maximum Gasteiger partial charge on any atom is 0.313 e. The van der Waals surface area contributed by atoms with Crippen molar-refractivity contribution >= 4 is 35.8 Å². The van der Waals surface area contributed by atoms with Crippen LogP contribution in [0, 0.1) is 6.92 Å². The quantitative estimate of drug-likeness (QED) is 0.356. The molecule has 28 heavy (non-hydrogen) atoms. The van der Waals surface area contributed by atoms with Gasteiger partial charge >= 0.3 is 5.97 Å². The number of nitrogens with zero attached hydrogens (tertiary/aromatic N) is 2. The zero-order valence-corrected chi connectivity index (χ0v) is 18.6. The zero-order chi connectivity index (χ0) is 20.1. The largest absolute Gasteiger partial charge is 0.446 e. The van der Waals surface area contributed by atoms with Gasteiger partial charge in [-0.25, -0.2) is 0 Å². The molecule has 1 aromatic carbocycles. The molecule has 0 aliphatic heterocycles. The lowest BCUT2D eigenvalue weighted by Crippen LogP contribution is -2.36. The topological polar surface area (TPSA) is 51.5 Å².